The van der Waals surface area contributed by atoms with Crippen LogP contribution in [0.15, 0.2) is 4.52 Å². The van der Waals surface area contributed by atoms with Crippen molar-refractivity contribution >= 4 is 5.91 Å². The van der Waals surface area contributed by atoms with E-state index in [1.54, 1.807) is 13.8 Å². The van der Waals surface area contributed by atoms with Gasteiger partial charge in [0.1, 0.15) is 11.3 Å². The minimum absolute atomic E-state index is 0.0906. The molecule has 1 N–H and O–H groups in total. The molecule has 0 aromatic carbocycles. The van der Waals surface area contributed by atoms with Crippen LogP contribution in [0.3, 0.4) is 0 Å². The Balaban J connectivity index is 2.69. The van der Waals surface area contributed by atoms with Gasteiger partial charge in [0, 0.05) is 6.04 Å². The summed E-state index contributed by atoms with van der Waals surface area (Å²) < 4.78 is 4.95. The monoisotopic (exact) mass is 210 g/mol. The maximum atomic E-state index is 11.8. The second-order valence-electron chi connectivity index (χ2n) is 3.86. The van der Waals surface area contributed by atoms with E-state index in [1.807, 2.05) is 6.92 Å². The molecule has 1 amide bonds. The average molecular weight is 210 g/mol. The summed E-state index contributed by atoms with van der Waals surface area (Å²) in [5.74, 6) is 0.487. The number of nitrogens with zero attached hydrogens (tertiary/aromatic N) is 1. The van der Waals surface area contributed by atoms with Crippen molar-refractivity contribution in [1.29, 1.82) is 0 Å². The van der Waals surface area contributed by atoms with E-state index in [4.69, 9.17) is 4.52 Å². The maximum Gasteiger partial charge on any atom is 0.256 e. The van der Waals surface area contributed by atoms with Crippen molar-refractivity contribution in [3.8, 4) is 0 Å². The van der Waals surface area contributed by atoms with Crippen LogP contribution >= 0.6 is 0 Å². The molecule has 0 saturated carbocycles. The lowest BCUT2D eigenvalue weighted by atomic mass is 10.1. The summed E-state index contributed by atoms with van der Waals surface area (Å²) in [5.41, 5.74) is 1.21. The van der Waals surface area contributed by atoms with E-state index in [0.29, 0.717) is 17.0 Å². The van der Waals surface area contributed by atoms with Crippen molar-refractivity contribution in [2.45, 2.75) is 46.6 Å². The zero-order chi connectivity index (χ0) is 11.4. The van der Waals surface area contributed by atoms with Gasteiger partial charge in [0.2, 0.25) is 0 Å². The number of aromatic nitrogens is 1. The van der Waals surface area contributed by atoms with E-state index < -0.39 is 0 Å². The molecule has 0 fully saturated rings. The Morgan fingerprint density at radius 3 is 2.67 bits per heavy atom. The molecular weight excluding hydrogens is 192 g/mol. The van der Waals surface area contributed by atoms with Crippen molar-refractivity contribution < 1.29 is 9.32 Å². The number of amides is 1. The second-order valence-corrected chi connectivity index (χ2v) is 3.86. The van der Waals surface area contributed by atoms with Crippen LogP contribution in [0.25, 0.3) is 0 Å². The zero-order valence-electron chi connectivity index (χ0n) is 9.76. The predicted octanol–water partition coefficient (Wildman–Crippen LogP) is 2.21. The number of hydrogen-bond acceptors (Lipinski definition) is 3. The van der Waals surface area contributed by atoms with Gasteiger partial charge in [-0.1, -0.05) is 18.5 Å². The lowest BCUT2D eigenvalue weighted by molar-refractivity contribution is 0.0936. The highest BCUT2D eigenvalue weighted by molar-refractivity contribution is 5.96. The van der Waals surface area contributed by atoms with Crippen molar-refractivity contribution in [1.82, 2.24) is 10.5 Å². The number of aryl methyl sites for hydroxylation is 2. The van der Waals surface area contributed by atoms with E-state index in [-0.39, 0.29) is 11.9 Å². The van der Waals surface area contributed by atoms with E-state index in [0.717, 1.165) is 12.8 Å². The number of carbonyl (C=O) groups is 1. The van der Waals surface area contributed by atoms with Crippen LogP contribution in [-0.4, -0.2) is 17.1 Å². The molecule has 0 aliphatic carbocycles. The average Bonchev–Trinajstić information content (AvgIpc) is 2.46. The standard InChI is InChI=1S/C11H18N2O2/c1-5-6-7(2)12-11(14)10-8(3)13-15-9(10)4/h7H,5-6H2,1-4H3,(H,12,14)/t7-/m1/s1. The molecule has 15 heavy (non-hydrogen) atoms. The van der Waals surface area contributed by atoms with Crippen LogP contribution in [0, 0.1) is 13.8 Å². The summed E-state index contributed by atoms with van der Waals surface area (Å²) >= 11 is 0. The lowest BCUT2D eigenvalue weighted by Crippen LogP contribution is -2.32. The molecule has 1 aromatic rings. The zero-order valence-corrected chi connectivity index (χ0v) is 9.76. The Morgan fingerprint density at radius 1 is 1.53 bits per heavy atom. The molecule has 4 nitrogen and oxygen atoms in total. The number of hydrogen-bond donors (Lipinski definition) is 1. The van der Waals surface area contributed by atoms with Crippen molar-refractivity contribution in [3.63, 3.8) is 0 Å². The fraction of sp³-hybridized carbons (Fsp3) is 0.636. The van der Waals surface area contributed by atoms with Gasteiger partial charge >= 0.3 is 0 Å². The first-order valence-electron chi connectivity index (χ1n) is 5.30. The Labute approximate surface area is 90.0 Å². The molecule has 1 aromatic heterocycles. The van der Waals surface area contributed by atoms with Gasteiger partial charge < -0.3 is 9.84 Å². The van der Waals surface area contributed by atoms with Crippen LogP contribution in [-0.2, 0) is 0 Å². The fourth-order valence-electron chi connectivity index (χ4n) is 1.61. The van der Waals surface area contributed by atoms with Crippen LogP contribution in [0.2, 0.25) is 0 Å². The third-order valence-corrected chi connectivity index (χ3v) is 2.36. The maximum absolute atomic E-state index is 11.8. The third-order valence-electron chi connectivity index (χ3n) is 2.36. The van der Waals surface area contributed by atoms with Gasteiger partial charge in [0.25, 0.3) is 5.91 Å². The molecule has 0 spiro atoms. The Kier molecular flexibility index (Phi) is 3.88. The Morgan fingerprint density at radius 2 is 2.20 bits per heavy atom. The molecular formula is C11H18N2O2. The molecule has 0 unspecified atom stereocenters. The molecule has 1 heterocycles. The molecule has 0 bridgehead atoms. The van der Waals surface area contributed by atoms with Crippen molar-refractivity contribution in [3.05, 3.63) is 17.0 Å². The summed E-state index contributed by atoms with van der Waals surface area (Å²) in [6, 6.07) is 0.191. The van der Waals surface area contributed by atoms with Gasteiger partial charge in [-0.05, 0) is 27.2 Å². The summed E-state index contributed by atoms with van der Waals surface area (Å²) in [7, 11) is 0. The highest BCUT2D eigenvalue weighted by Gasteiger charge is 2.18. The summed E-state index contributed by atoms with van der Waals surface area (Å²) in [6.45, 7) is 7.62. The van der Waals surface area contributed by atoms with Gasteiger partial charge in [-0.15, -0.1) is 0 Å². The minimum atomic E-state index is -0.0906. The fourth-order valence-corrected chi connectivity index (χ4v) is 1.61. The van der Waals surface area contributed by atoms with Crippen LogP contribution in [0.4, 0.5) is 0 Å². The largest absolute Gasteiger partial charge is 0.361 e. The normalized spacial score (nSPS) is 12.5. The SMILES string of the molecule is CCC[C@@H](C)NC(=O)c1c(C)noc1C. The first-order valence-corrected chi connectivity index (χ1v) is 5.30. The molecule has 0 saturated heterocycles. The smallest absolute Gasteiger partial charge is 0.256 e. The van der Waals surface area contributed by atoms with Gasteiger partial charge in [0.05, 0.1) is 5.69 Å². The lowest BCUT2D eigenvalue weighted by Gasteiger charge is -2.12. The number of carbonyl (C=O) groups excluding carboxylic acids is 1. The minimum Gasteiger partial charge on any atom is -0.361 e. The quantitative estimate of drug-likeness (QED) is 0.829. The first kappa shape index (κ1) is 11.8. The second kappa shape index (κ2) is 4.96. The number of nitrogens with one attached hydrogen (secondary N) is 1. The van der Waals surface area contributed by atoms with Gasteiger partial charge in [-0.2, -0.15) is 0 Å². The van der Waals surface area contributed by atoms with Gasteiger partial charge in [-0.25, -0.2) is 0 Å². The molecule has 0 aliphatic heterocycles. The molecule has 0 radical (unpaired) electrons. The van der Waals surface area contributed by atoms with E-state index >= 15 is 0 Å². The summed E-state index contributed by atoms with van der Waals surface area (Å²) in [4.78, 5) is 11.8. The van der Waals surface area contributed by atoms with Crippen LogP contribution in [0.5, 0.6) is 0 Å². The van der Waals surface area contributed by atoms with E-state index in [2.05, 4.69) is 17.4 Å². The predicted molar refractivity (Wildman–Crippen MR) is 57.8 cm³/mol. The Hall–Kier alpha value is -1.32. The van der Waals surface area contributed by atoms with Gasteiger partial charge in [0.15, 0.2) is 0 Å². The number of rotatable bonds is 4. The summed E-state index contributed by atoms with van der Waals surface area (Å²) in [6.07, 6.45) is 2.04. The first-order chi connectivity index (χ1) is 7.06. The van der Waals surface area contributed by atoms with Crippen molar-refractivity contribution in [2.75, 3.05) is 0 Å². The Bertz CT molecular complexity index is 325. The van der Waals surface area contributed by atoms with Crippen LogP contribution < -0.4 is 5.32 Å². The molecule has 1 atom stereocenters. The summed E-state index contributed by atoms with van der Waals surface area (Å²) in [5, 5.41) is 6.68. The van der Waals surface area contributed by atoms with Crippen LogP contribution in [0.1, 0.15) is 48.5 Å². The highest BCUT2D eigenvalue weighted by atomic mass is 16.5. The highest BCUT2D eigenvalue weighted by Crippen LogP contribution is 2.12. The van der Waals surface area contributed by atoms with E-state index in [1.165, 1.54) is 0 Å². The topological polar surface area (TPSA) is 55.1 Å². The molecule has 84 valence electrons. The van der Waals surface area contributed by atoms with Crippen molar-refractivity contribution in [2.24, 2.45) is 0 Å². The van der Waals surface area contributed by atoms with Gasteiger partial charge in [-0.3, -0.25) is 4.79 Å². The van der Waals surface area contributed by atoms with E-state index in [9.17, 15) is 4.79 Å². The molecule has 1 rings (SSSR count). The molecule has 0 aliphatic rings. The molecule has 4 heteroatoms. The third kappa shape index (κ3) is 2.81.